The average Bonchev–Trinajstić information content (AvgIpc) is 2.67. The summed E-state index contributed by atoms with van der Waals surface area (Å²) in [5.74, 6) is 1.51. The van der Waals surface area contributed by atoms with E-state index in [0.717, 1.165) is 30.0 Å². The fraction of sp³-hybridized carbons (Fsp3) is 0.350. The van der Waals surface area contributed by atoms with E-state index in [4.69, 9.17) is 9.47 Å². The smallest absolute Gasteiger partial charge is 0.318 e. The van der Waals surface area contributed by atoms with Crippen molar-refractivity contribution in [2.45, 2.75) is 25.9 Å². The molecule has 5 nitrogen and oxygen atoms in total. The number of urea groups is 1. The first-order chi connectivity index (χ1) is 12.2. The molecule has 0 fully saturated rings. The first-order valence-electron chi connectivity index (χ1n) is 8.72. The molecule has 4 rings (SSSR count). The van der Waals surface area contributed by atoms with Crippen LogP contribution in [0.1, 0.15) is 29.7 Å². The Morgan fingerprint density at radius 2 is 1.84 bits per heavy atom. The van der Waals surface area contributed by atoms with Gasteiger partial charge in [0.2, 0.25) is 0 Å². The first kappa shape index (κ1) is 15.8. The number of amides is 2. The number of carbonyl (C=O) groups is 1. The third kappa shape index (κ3) is 3.27. The van der Waals surface area contributed by atoms with E-state index in [-0.39, 0.29) is 12.1 Å². The Hall–Kier alpha value is -2.69. The summed E-state index contributed by atoms with van der Waals surface area (Å²) < 4.78 is 11.2. The molecule has 0 spiro atoms. The van der Waals surface area contributed by atoms with Crippen molar-refractivity contribution in [3.8, 4) is 11.5 Å². The molecule has 2 aromatic rings. The van der Waals surface area contributed by atoms with Crippen LogP contribution in [0.4, 0.5) is 4.79 Å². The van der Waals surface area contributed by atoms with E-state index in [0.29, 0.717) is 19.8 Å². The van der Waals surface area contributed by atoms with Gasteiger partial charge < -0.3 is 19.7 Å². The largest absolute Gasteiger partial charge is 0.486 e. The van der Waals surface area contributed by atoms with Crippen LogP contribution in [0.5, 0.6) is 11.5 Å². The van der Waals surface area contributed by atoms with E-state index >= 15 is 0 Å². The maximum Gasteiger partial charge on any atom is 0.318 e. The highest BCUT2D eigenvalue weighted by Gasteiger charge is 2.22. The minimum absolute atomic E-state index is 0.0307. The van der Waals surface area contributed by atoms with Crippen molar-refractivity contribution in [1.82, 2.24) is 10.2 Å². The molecule has 130 valence electrons. The summed E-state index contributed by atoms with van der Waals surface area (Å²) in [5, 5.41) is 3.09. The fourth-order valence-corrected chi connectivity index (χ4v) is 3.36. The summed E-state index contributed by atoms with van der Waals surface area (Å²) >= 11 is 0. The molecule has 1 unspecified atom stereocenters. The highest BCUT2D eigenvalue weighted by Crippen LogP contribution is 2.32. The maximum absolute atomic E-state index is 12.6. The van der Waals surface area contributed by atoms with Crippen LogP contribution in [-0.2, 0) is 13.0 Å². The number of carbonyl (C=O) groups excluding carboxylic acids is 1. The highest BCUT2D eigenvalue weighted by molar-refractivity contribution is 5.75. The third-order valence-corrected chi connectivity index (χ3v) is 4.82. The Morgan fingerprint density at radius 3 is 2.68 bits per heavy atom. The summed E-state index contributed by atoms with van der Waals surface area (Å²) in [6.45, 7) is 4.53. The van der Waals surface area contributed by atoms with Gasteiger partial charge in [-0.25, -0.2) is 4.79 Å². The van der Waals surface area contributed by atoms with Gasteiger partial charge in [0, 0.05) is 13.1 Å². The lowest BCUT2D eigenvalue weighted by atomic mass is 10.0. The van der Waals surface area contributed by atoms with E-state index < -0.39 is 0 Å². The summed E-state index contributed by atoms with van der Waals surface area (Å²) in [4.78, 5) is 14.5. The Balaban J connectivity index is 1.42. The van der Waals surface area contributed by atoms with E-state index in [1.807, 2.05) is 36.1 Å². The van der Waals surface area contributed by atoms with Gasteiger partial charge in [-0.3, -0.25) is 0 Å². The summed E-state index contributed by atoms with van der Waals surface area (Å²) in [7, 11) is 0. The van der Waals surface area contributed by atoms with Crippen LogP contribution in [-0.4, -0.2) is 30.7 Å². The molecule has 0 aliphatic carbocycles. The van der Waals surface area contributed by atoms with Crippen LogP contribution in [0, 0.1) is 0 Å². The predicted molar refractivity (Wildman–Crippen MR) is 94.9 cm³/mol. The second kappa shape index (κ2) is 6.67. The Bertz CT molecular complexity index is 790. The molecule has 0 bridgehead atoms. The van der Waals surface area contributed by atoms with Gasteiger partial charge in [0.05, 0.1) is 6.04 Å². The Kier molecular flexibility index (Phi) is 4.22. The van der Waals surface area contributed by atoms with Crippen LogP contribution < -0.4 is 14.8 Å². The molecule has 0 saturated carbocycles. The van der Waals surface area contributed by atoms with Crippen LogP contribution in [0.25, 0.3) is 0 Å². The van der Waals surface area contributed by atoms with Gasteiger partial charge >= 0.3 is 6.03 Å². The molecule has 2 aromatic carbocycles. The van der Waals surface area contributed by atoms with E-state index in [2.05, 4.69) is 23.5 Å². The molecule has 1 atom stereocenters. The lowest BCUT2D eigenvalue weighted by molar-refractivity contribution is 0.171. The minimum Gasteiger partial charge on any atom is -0.486 e. The standard InChI is InChI=1S/C20H22N2O3/c1-14(16-6-7-18-19(12-16)25-11-10-24-18)21-20(23)22-9-8-15-4-2-3-5-17(15)13-22/h2-7,12,14H,8-11,13H2,1H3,(H,21,23). The SMILES string of the molecule is CC(NC(=O)N1CCc2ccccc2C1)c1ccc2c(c1)OCCO2. The topological polar surface area (TPSA) is 50.8 Å². The van der Waals surface area contributed by atoms with Gasteiger partial charge in [0.15, 0.2) is 11.5 Å². The van der Waals surface area contributed by atoms with E-state index in [1.165, 1.54) is 11.1 Å². The monoisotopic (exact) mass is 338 g/mol. The van der Waals surface area contributed by atoms with Crippen molar-refractivity contribution in [3.63, 3.8) is 0 Å². The van der Waals surface area contributed by atoms with Crippen molar-refractivity contribution in [1.29, 1.82) is 0 Å². The van der Waals surface area contributed by atoms with Gasteiger partial charge in [0.25, 0.3) is 0 Å². The van der Waals surface area contributed by atoms with Gasteiger partial charge in [0.1, 0.15) is 13.2 Å². The first-order valence-corrected chi connectivity index (χ1v) is 8.72. The molecule has 2 aliphatic rings. The second-order valence-corrected chi connectivity index (χ2v) is 6.51. The zero-order chi connectivity index (χ0) is 17.2. The van der Waals surface area contributed by atoms with Gasteiger partial charge in [-0.1, -0.05) is 30.3 Å². The normalized spacial score (nSPS) is 16.8. The maximum atomic E-state index is 12.6. The molecule has 1 N–H and O–H groups in total. The van der Waals surface area contributed by atoms with E-state index in [1.54, 1.807) is 0 Å². The Morgan fingerprint density at radius 1 is 1.08 bits per heavy atom. The number of nitrogens with zero attached hydrogens (tertiary/aromatic N) is 1. The molecule has 0 aromatic heterocycles. The summed E-state index contributed by atoms with van der Waals surface area (Å²) in [6, 6.07) is 14.0. The van der Waals surface area contributed by atoms with Crippen molar-refractivity contribution in [2.75, 3.05) is 19.8 Å². The van der Waals surface area contributed by atoms with E-state index in [9.17, 15) is 4.79 Å². The molecule has 0 saturated heterocycles. The zero-order valence-electron chi connectivity index (χ0n) is 14.3. The molecule has 25 heavy (non-hydrogen) atoms. The predicted octanol–water partition coefficient (Wildman–Crippen LogP) is 3.29. The summed E-state index contributed by atoms with van der Waals surface area (Å²) in [5.41, 5.74) is 3.58. The fourth-order valence-electron chi connectivity index (χ4n) is 3.36. The van der Waals surface area contributed by atoms with Crippen LogP contribution in [0.3, 0.4) is 0 Å². The molecule has 5 heteroatoms. The minimum atomic E-state index is -0.0968. The highest BCUT2D eigenvalue weighted by atomic mass is 16.6. The van der Waals surface area contributed by atoms with Crippen molar-refractivity contribution < 1.29 is 14.3 Å². The average molecular weight is 338 g/mol. The van der Waals surface area contributed by atoms with Crippen molar-refractivity contribution in [3.05, 3.63) is 59.2 Å². The lowest BCUT2D eigenvalue weighted by Gasteiger charge is -2.30. The van der Waals surface area contributed by atoms with Crippen LogP contribution >= 0.6 is 0 Å². The molecular weight excluding hydrogens is 316 g/mol. The Labute approximate surface area is 147 Å². The van der Waals surface area contributed by atoms with Crippen molar-refractivity contribution >= 4 is 6.03 Å². The van der Waals surface area contributed by atoms with Crippen LogP contribution in [0.2, 0.25) is 0 Å². The summed E-state index contributed by atoms with van der Waals surface area (Å²) in [6.07, 6.45) is 0.905. The van der Waals surface area contributed by atoms with Crippen molar-refractivity contribution in [2.24, 2.45) is 0 Å². The number of hydrogen-bond donors (Lipinski definition) is 1. The van der Waals surface area contributed by atoms with Crippen LogP contribution in [0.15, 0.2) is 42.5 Å². The zero-order valence-corrected chi connectivity index (χ0v) is 14.3. The third-order valence-electron chi connectivity index (χ3n) is 4.82. The number of rotatable bonds is 2. The van der Waals surface area contributed by atoms with Gasteiger partial charge in [-0.05, 0) is 42.2 Å². The molecule has 0 radical (unpaired) electrons. The molecule has 2 heterocycles. The number of nitrogens with one attached hydrogen (secondary N) is 1. The number of ether oxygens (including phenoxy) is 2. The second-order valence-electron chi connectivity index (χ2n) is 6.51. The number of fused-ring (bicyclic) bond motifs is 2. The van der Waals surface area contributed by atoms with Gasteiger partial charge in [-0.15, -0.1) is 0 Å². The quantitative estimate of drug-likeness (QED) is 0.914. The molecule has 2 amide bonds. The number of hydrogen-bond acceptors (Lipinski definition) is 3. The molecular formula is C20H22N2O3. The number of benzene rings is 2. The van der Waals surface area contributed by atoms with Gasteiger partial charge in [-0.2, -0.15) is 0 Å². The molecule has 2 aliphatic heterocycles. The lowest BCUT2D eigenvalue weighted by Crippen LogP contribution is -2.43.